The number of nitrogens with zero attached hydrogens (tertiary/aromatic N) is 3. The molecule has 1 aromatic carbocycles. The van der Waals surface area contributed by atoms with Crippen molar-refractivity contribution in [2.45, 2.75) is 38.3 Å². The van der Waals surface area contributed by atoms with Crippen molar-refractivity contribution >= 4 is 10.0 Å². The summed E-state index contributed by atoms with van der Waals surface area (Å²) < 4.78 is 30.1. The summed E-state index contributed by atoms with van der Waals surface area (Å²) in [5.41, 5.74) is 3.05. The maximum atomic E-state index is 11.6. The lowest BCUT2D eigenvalue weighted by Crippen LogP contribution is -2.19. The highest BCUT2D eigenvalue weighted by Gasteiger charge is 2.22. The lowest BCUT2D eigenvalue weighted by molar-refractivity contribution is 0.134. The number of nitrogens with two attached hydrogens (primary N) is 1. The third-order valence-corrected chi connectivity index (χ3v) is 4.21. The first-order chi connectivity index (χ1) is 10.0. The number of aromatic nitrogens is 3. The fourth-order valence-electron chi connectivity index (χ4n) is 2.45. The van der Waals surface area contributed by atoms with Crippen molar-refractivity contribution in [2.24, 2.45) is 5.14 Å². The zero-order valence-electron chi connectivity index (χ0n) is 11.6. The molecule has 0 spiro atoms. The van der Waals surface area contributed by atoms with E-state index in [-0.39, 0.29) is 5.16 Å². The molecule has 2 heterocycles. The van der Waals surface area contributed by atoms with E-state index in [1.54, 1.807) is 4.57 Å². The minimum absolute atomic E-state index is 0.198. The molecule has 112 valence electrons. The number of hydrogen-bond donors (Lipinski definition) is 1. The minimum Gasteiger partial charge on any atom is -0.372 e. The summed E-state index contributed by atoms with van der Waals surface area (Å²) in [4.78, 5) is 0. The first-order valence-electron chi connectivity index (χ1n) is 6.66. The molecule has 21 heavy (non-hydrogen) atoms. The van der Waals surface area contributed by atoms with Gasteiger partial charge in [0.1, 0.15) is 0 Å². The predicted molar refractivity (Wildman–Crippen MR) is 75.6 cm³/mol. The van der Waals surface area contributed by atoms with Gasteiger partial charge in [0.15, 0.2) is 5.82 Å². The molecule has 2 aromatic rings. The summed E-state index contributed by atoms with van der Waals surface area (Å²) in [6.45, 7) is 3.61. The van der Waals surface area contributed by atoms with Gasteiger partial charge in [0.2, 0.25) is 0 Å². The van der Waals surface area contributed by atoms with E-state index >= 15 is 0 Å². The summed E-state index contributed by atoms with van der Waals surface area (Å²) in [7, 11) is -3.89. The smallest absolute Gasteiger partial charge is 0.273 e. The molecule has 0 radical (unpaired) electrons. The van der Waals surface area contributed by atoms with E-state index in [1.807, 2.05) is 25.1 Å². The molecule has 1 aliphatic rings. The molecule has 0 aliphatic carbocycles. The lowest BCUT2D eigenvalue weighted by atomic mass is 10.1. The van der Waals surface area contributed by atoms with Gasteiger partial charge >= 0.3 is 0 Å². The second kappa shape index (κ2) is 5.21. The Morgan fingerprint density at radius 1 is 1.29 bits per heavy atom. The average molecular weight is 308 g/mol. The fraction of sp³-hybridized carbons (Fsp3) is 0.385. The molecule has 0 atom stereocenters. The zero-order valence-corrected chi connectivity index (χ0v) is 12.4. The van der Waals surface area contributed by atoms with E-state index < -0.39 is 10.0 Å². The quantitative estimate of drug-likeness (QED) is 0.909. The topological polar surface area (TPSA) is 100 Å². The number of rotatable bonds is 4. The van der Waals surface area contributed by atoms with Crippen molar-refractivity contribution in [3.05, 3.63) is 29.3 Å². The van der Waals surface area contributed by atoms with E-state index in [2.05, 4.69) is 10.2 Å². The van der Waals surface area contributed by atoms with Crippen LogP contribution in [0.5, 0.6) is 0 Å². The SMILES string of the molecule is CCCn1c(-c2ccc3c(c2)COC3)nnc1S(N)(=O)=O. The van der Waals surface area contributed by atoms with Crippen LogP contribution in [0, 0.1) is 0 Å². The van der Waals surface area contributed by atoms with Crippen LogP contribution in [0.25, 0.3) is 11.4 Å². The first-order valence-corrected chi connectivity index (χ1v) is 8.21. The van der Waals surface area contributed by atoms with Crippen molar-refractivity contribution in [2.75, 3.05) is 0 Å². The van der Waals surface area contributed by atoms with Crippen LogP contribution in [0.4, 0.5) is 0 Å². The van der Waals surface area contributed by atoms with Crippen LogP contribution in [0.1, 0.15) is 24.5 Å². The third-order valence-electron chi connectivity index (χ3n) is 3.40. The van der Waals surface area contributed by atoms with Gasteiger partial charge in [-0.05, 0) is 23.6 Å². The Balaban J connectivity index is 2.12. The van der Waals surface area contributed by atoms with Crippen molar-refractivity contribution in [3.63, 3.8) is 0 Å². The van der Waals surface area contributed by atoms with Crippen LogP contribution in [-0.2, 0) is 34.5 Å². The number of sulfonamides is 1. The standard InChI is InChI=1S/C13H16N4O3S/c1-2-5-17-12(15-16-13(17)21(14,18)19)9-3-4-10-7-20-8-11(10)6-9/h3-4,6H,2,5,7-8H2,1H3,(H2,14,18,19). The molecule has 0 unspecified atom stereocenters. The molecule has 1 aromatic heterocycles. The molecule has 0 fully saturated rings. The highest BCUT2D eigenvalue weighted by atomic mass is 32.2. The Hall–Kier alpha value is -1.77. The number of ether oxygens (including phenoxy) is 1. The molecule has 1 aliphatic heterocycles. The Morgan fingerprint density at radius 3 is 2.76 bits per heavy atom. The number of primary sulfonamides is 1. The molecule has 0 bridgehead atoms. The Bertz CT molecular complexity index is 783. The summed E-state index contributed by atoms with van der Waals surface area (Å²) >= 11 is 0. The van der Waals surface area contributed by atoms with Crippen molar-refractivity contribution < 1.29 is 13.2 Å². The van der Waals surface area contributed by atoms with Gasteiger partial charge in [0.05, 0.1) is 13.2 Å². The van der Waals surface area contributed by atoms with Crippen LogP contribution in [0.3, 0.4) is 0 Å². The monoisotopic (exact) mass is 308 g/mol. The third kappa shape index (κ3) is 2.57. The normalized spacial score (nSPS) is 14.4. The molecule has 0 saturated carbocycles. The molecule has 0 amide bonds. The van der Waals surface area contributed by atoms with Gasteiger partial charge in [-0.25, -0.2) is 13.6 Å². The molecule has 2 N–H and O–H groups in total. The van der Waals surface area contributed by atoms with Crippen molar-refractivity contribution in [3.8, 4) is 11.4 Å². The van der Waals surface area contributed by atoms with Crippen LogP contribution in [-0.4, -0.2) is 23.2 Å². The highest BCUT2D eigenvalue weighted by Crippen LogP contribution is 2.27. The summed E-state index contributed by atoms with van der Waals surface area (Å²) in [5.74, 6) is 0.510. The van der Waals surface area contributed by atoms with Gasteiger partial charge in [-0.15, -0.1) is 10.2 Å². The van der Waals surface area contributed by atoms with Gasteiger partial charge in [0, 0.05) is 12.1 Å². The Kier molecular flexibility index (Phi) is 3.52. The number of fused-ring (bicyclic) bond motifs is 1. The molecular formula is C13H16N4O3S. The van der Waals surface area contributed by atoms with Crippen LogP contribution in [0.15, 0.2) is 23.4 Å². The average Bonchev–Trinajstić information content (AvgIpc) is 3.03. The van der Waals surface area contributed by atoms with Crippen molar-refractivity contribution in [1.82, 2.24) is 14.8 Å². The summed E-state index contributed by atoms with van der Waals surface area (Å²) in [5, 5.41) is 12.8. The minimum atomic E-state index is -3.89. The van der Waals surface area contributed by atoms with Gasteiger partial charge in [-0.2, -0.15) is 0 Å². The highest BCUT2D eigenvalue weighted by molar-refractivity contribution is 7.89. The molecular weight excluding hydrogens is 292 g/mol. The van der Waals surface area contributed by atoms with Gasteiger partial charge in [-0.1, -0.05) is 19.1 Å². The Morgan fingerprint density at radius 2 is 2.05 bits per heavy atom. The van der Waals surface area contributed by atoms with E-state index in [1.165, 1.54) is 0 Å². The van der Waals surface area contributed by atoms with Crippen LogP contribution < -0.4 is 5.14 Å². The van der Waals surface area contributed by atoms with Crippen LogP contribution >= 0.6 is 0 Å². The largest absolute Gasteiger partial charge is 0.372 e. The first kappa shape index (κ1) is 14.2. The summed E-state index contributed by atoms with van der Waals surface area (Å²) in [6, 6.07) is 5.83. The Labute approximate surface area is 122 Å². The maximum Gasteiger partial charge on any atom is 0.273 e. The van der Waals surface area contributed by atoms with E-state index in [0.29, 0.717) is 25.6 Å². The second-order valence-corrected chi connectivity index (χ2v) is 6.43. The predicted octanol–water partition coefficient (Wildman–Crippen LogP) is 1.03. The zero-order chi connectivity index (χ0) is 15.0. The molecule has 0 saturated heterocycles. The van der Waals surface area contributed by atoms with E-state index in [4.69, 9.17) is 9.88 Å². The van der Waals surface area contributed by atoms with Gasteiger partial charge in [-0.3, -0.25) is 4.57 Å². The van der Waals surface area contributed by atoms with Crippen LogP contribution in [0.2, 0.25) is 0 Å². The van der Waals surface area contributed by atoms with Gasteiger partial charge in [0.25, 0.3) is 15.2 Å². The number of benzene rings is 1. The molecule has 7 nitrogen and oxygen atoms in total. The molecule has 8 heteroatoms. The fourth-order valence-corrected chi connectivity index (χ4v) is 3.09. The maximum absolute atomic E-state index is 11.6. The van der Waals surface area contributed by atoms with E-state index in [0.717, 1.165) is 23.1 Å². The second-order valence-electron chi connectivity index (χ2n) is 4.98. The summed E-state index contributed by atoms with van der Waals surface area (Å²) in [6.07, 6.45) is 0.752. The number of hydrogen-bond acceptors (Lipinski definition) is 5. The van der Waals surface area contributed by atoms with E-state index in [9.17, 15) is 8.42 Å². The lowest BCUT2D eigenvalue weighted by Gasteiger charge is -2.08. The van der Waals surface area contributed by atoms with Gasteiger partial charge < -0.3 is 4.74 Å². The van der Waals surface area contributed by atoms with Crippen molar-refractivity contribution in [1.29, 1.82) is 0 Å². The molecule has 3 rings (SSSR count).